The average Bonchev–Trinajstić information content (AvgIpc) is 3.44. The highest BCUT2D eigenvalue weighted by Crippen LogP contribution is 2.40. The van der Waals surface area contributed by atoms with Crippen LogP contribution in [0.2, 0.25) is 0 Å². The van der Waals surface area contributed by atoms with Crippen LogP contribution in [-0.2, 0) is 26.4 Å². The second-order valence-corrected chi connectivity index (χ2v) is 10.1. The average molecular weight is 508 g/mol. The molecule has 8 nitrogen and oxygen atoms in total. The quantitative estimate of drug-likeness (QED) is 0.470. The van der Waals surface area contributed by atoms with Crippen molar-refractivity contribution in [2.75, 3.05) is 10.8 Å². The number of aldehydes is 1. The van der Waals surface area contributed by atoms with E-state index in [1.54, 1.807) is 30.5 Å². The molecule has 3 aromatic rings. The van der Waals surface area contributed by atoms with E-state index >= 15 is 4.39 Å². The molecule has 0 saturated carbocycles. The van der Waals surface area contributed by atoms with Gasteiger partial charge in [-0.05, 0) is 40.6 Å². The molecule has 0 aliphatic carbocycles. The predicted molar refractivity (Wildman–Crippen MR) is 135 cm³/mol. The van der Waals surface area contributed by atoms with Gasteiger partial charge in [0.2, 0.25) is 0 Å². The normalized spacial score (nSPS) is 18.4. The van der Waals surface area contributed by atoms with Gasteiger partial charge in [0.15, 0.2) is 5.82 Å². The first-order valence-electron chi connectivity index (χ1n) is 11.3. The van der Waals surface area contributed by atoms with Gasteiger partial charge in [0, 0.05) is 18.0 Å². The van der Waals surface area contributed by atoms with Crippen molar-refractivity contribution in [2.24, 2.45) is 4.99 Å². The van der Waals surface area contributed by atoms with Crippen molar-refractivity contribution in [1.82, 2.24) is 4.72 Å². The van der Waals surface area contributed by atoms with Gasteiger partial charge in [-0.3, -0.25) is 9.79 Å². The zero-order valence-corrected chi connectivity index (χ0v) is 19.9. The number of aliphatic imine (C=N–C) groups is 1. The number of carbonyl (C=O) groups is 2. The molecule has 0 radical (unpaired) electrons. The smallest absolute Gasteiger partial charge is 0.326 e. The molecule has 1 amide bonds. The summed E-state index contributed by atoms with van der Waals surface area (Å²) in [5, 5.41) is 0.682. The zero-order valence-electron chi connectivity index (χ0n) is 19.1. The van der Waals surface area contributed by atoms with Gasteiger partial charge < -0.3 is 9.53 Å². The Hall–Kier alpha value is -4.05. The van der Waals surface area contributed by atoms with Crippen molar-refractivity contribution in [2.45, 2.75) is 25.5 Å². The molecule has 2 aliphatic heterocycles. The first kappa shape index (κ1) is 23.7. The molecule has 1 N–H and O–H groups in total. The van der Waals surface area contributed by atoms with Gasteiger partial charge in [0.1, 0.15) is 30.9 Å². The number of ether oxygens (including phenoxy) is 1. The molecule has 5 rings (SSSR count). The molecule has 1 fully saturated rings. The number of benzene rings is 3. The molecule has 36 heavy (non-hydrogen) atoms. The lowest BCUT2D eigenvalue weighted by atomic mass is 10.00. The number of nitrogens with one attached hydrogen (secondary N) is 1. The highest BCUT2D eigenvalue weighted by atomic mass is 32.2. The number of allylic oxidation sites excluding steroid dienone is 1. The summed E-state index contributed by atoms with van der Waals surface area (Å²) in [6.07, 6.45) is 5.57. The highest BCUT2D eigenvalue weighted by molar-refractivity contribution is 7.92. The molecule has 1 atom stereocenters. The molecule has 0 spiro atoms. The van der Waals surface area contributed by atoms with Crippen LogP contribution in [0.1, 0.15) is 24.0 Å². The van der Waals surface area contributed by atoms with E-state index in [1.165, 1.54) is 0 Å². The number of rotatable bonds is 8. The Morgan fingerprint density at radius 1 is 1.17 bits per heavy atom. The maximum Gasteiger partial charge on any atom is 0.326 e. The van der Waals surface area contributed by atoms with Gasteiger partial charge in [0.25, 0.3) is 5.91 Å². The van der Waals surface area contributed by atoms with Crippen LogP contribution in [0.25, 0.3) is 16.3 Å². The Bertz CT molecular complexity index is 1520. The molecule has 1 saturated heterocycles. The summed E-state index contributed by atoms with van der Waals surface area (Å²) in [5.74, 6) is -1.56. The highest BCUT2D eigenvalue weighted by Gasteiger charge is 2.38. The summed E-state index contributed by atoms with van der Waals surface area (Å²) in [6.45, 7) is -0.472. The van der Waals surface area contributed by atoms with Crippen LogP contribution in [0.5, 0.6) is 5.75 Å². The fraction of sp³-hybridized carbons (Fsp3) is 0.192. The zero-order chi connectivity index (χ0) is 25.3. The molecule has 2 aliphatic rings. The van der Waals surface area contributed by atoms with Crippen LogP contribution in [0.15, 0.2) is 65.7 Å². The number of hydrogen-bond donors (Lipinski definition) is 1. The van der Waals surface area contributed by atoms with Gasteiger partial charge >= 0.3 is 10.2 Å². The molecule has 2 heterocycles. The van der Waals surface area contributed by atoms with E-state index < -0.39 is 28.5 Å². The second-order valence-electron chi connectivity index (χ2n) is 8.50. The molecule has 0 aromatic heterocycles. The third kappa shape index (κ3) is 4.59. The number of nitrogens with zero attached hydrogens (tertiary/aromatic N) is 2. The first-order valence-corrected chi connectivity index (χ1v) is 12.7. The summed E-state index contributed by atoms with van der Waals surface area (Å²) >= 11 is 0. The third-order valence-electron chi connectivity index (χ3n) is 6.01. The molecular weight excluding hydrogens is 485 g/mol. The van der Waals surface area contributed by atoms with E-state index in [1.807, 2.05) is 41.1 Å². The van der Waals surface area contributed by atoms with Crippen LogP contribution in [0, 0.1) is 5.82 Å². The Morgan fingerprint density at radius 3 is 2.69 bits per heavy atom. The maximum absolute atomic E-state index is 15.9. The number of anilines is 1. The topological polar surface area (TPSA) is 105 Å². The third-order valence-corrected chi connectivity index (χ3v) is 7.39. The lowest BCUT2D eigenvalue weighted by Crippen LogP contribution is -2.30. The summed E-state index contributed by atoms with van der Waals surface area (Å²) in [5.41, 5.74) is 2.14. The van der Waals surface area contributed by atoms with Crippen molar-refractivity contribution >= 4 is 50.7 Å². The maximum atomic E-state index is 15.9. The molecule has 10 heteroatoms. The lowest BCUT2D eigenvalue weighted by Gasteiger charge is -2.21. The van der Waals surface area contributed by atoms with Crippen LogP contribution in [0.3, 0.4) is 0 Å². The largest absolute Gasteiger partial charge is 0.487 e. The van der Waals surface area contributed by atoms with E-state index in [-0.39, 0.29) is 29.5 Å². The number of hydrogen-bond acceptors (Lipinski definition) is 6. The SMILES string of the molecule is O=CCCC1C=C(c2ccc3c(F)c(N4CC(=O)NS4(=O)=O)c(OCc4ccccc4)cc3c2)C=N1. The van der Waals surface area contributed by atoms with Gasteiger partial charge in [-0.2, -0.15) is 8.42 Å². The minimum atomic E-state index is -4.26. The summed E-state index contributed by atoms with van der Waals surface area (Å²) < 4.78 is 49.5. The number of fused-ring (bicyclic) bond motifs is 1. The van der Waals surface area contributed by atoms with Crippen molar-refractivity contribution in [1.29, 1.82) is 0 Å². The van der Waals surface area contributed by atoms with Gasteiger partial charge in [0.05, 0.1) is 6.04 Å². The Balaban J connectivity index is 1.58. The van der Waals surface area contributed by atoms with Gasteiger partial charge in [-0.1, -0.05) is 48.5 Å². The molecular formula is C26H22FN3O5S. The summed E-state index contributed by atoms with van der Waals surface area (Å²) in [6, 6.07) is 15.7. The van der Waals surface area contributed by atoms with Crippen LogP contribution >= 0.6 is 0 Å². The van der Waals surface area contributed by atoms with Crippen LogP contribution in [0.4, 0.5) is 10.1 Å². The number of amides is 1. The Morgan fingerprint density at radius 2 is 1.97 bits per heavy atom. The molecule has 0 bridgehead atoms. The van der Waals surface area contributed by atoms with Gasteiger partial charge in [-0.15, -0.1) is 0 Å². The minimum Gasteiger partial charge on any atom is -0.487 e. The van der Waals surface area contributed by atoms with E-state index in [4.69, 9.17) is 4.74 Å². The molecule has 1 unspecified atom stereocenters. The lowest BCUT2D eigenvalue weighted by molar-refractivity contribution is -0.117. The van der Waals surface area contributed by atoms with E-state index in [0.717, 1.165) is 23.0 Å². The molecule has 3 aromatic carbocycles. The van der Waals surface area contributed by atoms with Crippen LogP contribution < -0.4 is 13.8 Å². The monoisotopic (exact) mass is 507 g/mol. The standard InChI is InChI=1S/C26H22FN3O5S/c27-25-22-9-8-18(20-12-21(28-14-20)7-4-10-31)11-19(22)13-23(35-16-17-5-2-1-3-6-17)26(25)30-15-24(32)29-36(30,33)34/h1-3,5-6,8-14,21H,4,7,15-16H2,(H,29,32). The predicted octanol–water partition coefficient (Wildman–Crippen LogP) is 3.55. The fourth-order valence-corrected chi connectivity index (χ4v) is 5.43. The first-order chi connectivity index (χ1) is 17.4. The summed E-state index contributed by atoms with van der Waals surface area (Å²) in [7, 11) is -4.26. The number of carbonyl (C=O) groups excluding carboxylic acids is 2. The summed E-state index contributed by atoms with van der Waals surface area (Å²) in [4.78, 5) is 26.9. The minimum absolute atomic E-state index is 0.000920. The second kappa shape index (κ2) is 9.54. The van der Waals surface area contributed by atoms with Crippen molar-refractivity contribution < 1.29 is 27.1 Å². The van der Waals surface area contributed by atoms with Crippen molar-refractivity contribution in [3.05, 3.63) is 77.6 Å². The number of halogens is 1. The Kier molecular flexibility index (Phi) is 6.27. The van der Waals surface area contributed by atoms with Crippen molar-refractivity contribution in [3.63, 3.8) is 0 Å². The Labute approximate surface area is 207 Å². The van der Waals surface area contributed by atoms with Crippen molar-refractivity contribution in [3.8, 4) is 5.75 Å². The molecule has 184 valence electrons. The van der Waals surface area contributed by atoms with Crippen LogP contribution in [-0.4, -0.2) is 39.4 Å². The van der Waals surface area contributed by atoms with E-state index in [9.17, 15) is 18.0 Å². The van der Waals surface area contributed by atoms with E-state index in [2.05, 4.69) is 4.99 Å². The van der Waals surface area contributed by atoms with Gasteiger partial charge in [-0.25, -0.2) is 13.4 Å². The fourth-order valence-electron chi connectivity index (χ4n) is 4.27. The van der Waals surface area contributed by atoms with E-state index in [0.29, 0.717) is 22.5 Å².